The standard InChI is InChI=1S/C30H35FN4O6S/c1-39-21-10-11-27(26(19-21)41-3)42(37,38)35-28-24(18-22(40-2)20-33-28)30(29(35)36,23-8-4-5-9-25(23)31)12-6-7-15-34-16-13-32-14-17-34/h4-5,8-11,18-20,32H,6-7,12-17H2,1-3H3. The normalized spacial score (nSPS) is 19.0. The van der Waals surface area contributed by atoms with Crippen LogP contribution in [0.1, 0.15) is 30.4 Å². The Morgan fingerprint density at radius 2 is 1.69 bits per heavy atom. The maximum Gasteiger partial charge on any atom is 0.275 e. The largest absolute Gasteiger partial charge is 0.497 e. The van der Waals surface area contributed by atoms with Crippen LogP contribution in [-0.2, 0) is 20.2 Å². The summed E-state index contributed by atoms with van der Waals surface area (Å²) in [6.45, 7) is 4.50. The van der Waals surface area contributed by atoms with Crippen LogP contribution in [-0.4, -0.2) is 78.3 Å². The molecular formula is C30H35FN4O6S. The van der Waals surface area contributed by atoms with Crippen molar-refractivity contribution in [2.45, 2.75) is 29.6 Å². The lowest BCUT2D eigenvalue weighted by molar-refractivity contribution is -0.121. The third-order valence-electron chi connectivity index (χ3n) is 7.99. The Morgan fingerprint density at radius 3 is 2.38 bits per heavy atom. The van der Waals surface area contributed by atoms with Gasteiger partial charge in [-0.3, -0.25) is 4.79 Å². The van der Waals surface area contributed by atoms with Gasteiger partial charge in [0.25, 0.3) is 15.9 Å². The molecule has 3 aromatic rings. The fraction of sp³-hybridized carbons (Fsp3) is 0.400. The molecule has 224 valence electrons. The summed E-state index contributed by atoms with van der Waals surface area (Å²) in [5, 5.41) is 3.33. The second-order valence-corrected chi connectivity index (χ2v) is 12.0. The van der Waals surface area contributed by atoms with E-state index in [2.05, 4.69) is 15.2 Å². The maximum absolute atomic E-state index is 15.7. The fourth-order valence-electron chi connectivity index (χ4n) is 5.82. The van der Waals surface area contributed by atoms with Gasteiger partial charge in [-0.2, -0.15) is 4.31 Å². The number of piperazine rings is 1. The van der Waals surface area contributed by atoms with Crippen LogP contribution < -0.4 is 23.8 Å². The molecule has 12 heteroatoms. The molecule has 0 bridgehead atoms. The number of carbonyl (C=O) groups is 1. The number of pyridine rings is 1. The number of hydrogen-bond acceptors (Lipinski definition) is 9. The molecule has 1 saturated heterocycles. The Bertz CT molecular complexity index is 1560. The van der Waals surface area contributed by atoms with Gasteiger partial charge in [0, 0.05) is 43.4 Å². The quantitative estimate of drug-likeness (QED) is 0.332. The van der Waals surface area contributed by atoms with Gasteiger partial charge >= 0.3 is 0 Å². The van der Waals surface area contributed by atoms with Crippen LogP contribution >= 0.6 is 0 Å². The molecule has 1 atom stereocenters. The summed E-state index contributed by atoms with van der Waals surface area (Å²) in [5.74, 6) is -0.802. The van der Waals surface area contributed by atoms with Crippen molar-refractivity contribution in [2.24, 2.45) is 0 Å². The molecule has 1 aromatic heterocycles. The van der Waals surface area contributed by atoms with Crippen molar-refractivity contribution in [3.05, 3.63) is 71.7 Å². The van der Waals surface area contributed by atoms with Gasteiger partial charge in [0.15, 0.2) is 5.82 Å². The van der Waals surface area contributed by atoms with Gasteiger partial charge < -0.3 is 24.4 Å². The highest BCUT2D eigenvalue weighted by Gasteiger charge is 2.58. The topological polar surface area (TPSA) is 110 Å². The molecule has 0 saturated carbocycles. The second-order valence-electron chi connectivity index (χ2n) is 10.3. The molecule has 0 aliphatic carbocycles. The Balaban J connectivity index is 1.63. The number of benzene rings is 2. The number of unbranched alkanes of at least 4 members (excludes halogenated alkanes) is 1. The molecule has 0 radical (unpaired) electrons. The zero-order valence-corrected chi connectivity index (χ0v) is 24.7. The molecular weight excluding hydrogens is 563 g/mol. The third kappa shape index (κ3) is 5.18. The average molecular weight is 599 g/mol. The van der Waals surface area contributed by atoms with Crippen molar-refractivity contribution in [3.8, 4) is 17.2 Å². The number of nitrogens with one attached hydrogen (secondary N) is 1. The van der Waals surface area contributed by atoms with E-state index in [9.17, 15) is 13.2 Å². The van der Waals surface area contributed by atoms with Crippen LogP contribution in [0.15, 0.2) is 59.6 Å². The number of nitrogens with zero attached hydrogens (tertiary/aromatic N) is 3. The molecule has 2 aliphatic rings. The number of fused-ring (bicyclic) bond motifs is 1. The summed E-state index contributed by atoms with van der Waals surface area (Å²) in [5.41, 5.74) is -1.29. The number of hydrogen-bond donors (Lipinski definition) is 1. The molecule has 2 aromatic carbocycles. The predicted octanol–water partition coefficient (Wildman–Crippen LogP) is 3.34. The lowest BCUT2D eigenvalue weighted by atomic mass is 9.72. The van der Waals surface area contributed by atoms with Crippen LogP contribution in [0, 0.1) is 5.82 Å². The Kier molecular flexibility index (Phi) is 8.67. The molecule has 2 aliphatic heterocycles. The summed E-state index contributed by atoms with van der Waals surface area (Å²) >= 11 is 0. The number of amides is 1. The lowest BCUT2D eigenvalue weighted by Gasteiger charge is -2.31. The van der Waals surface area contributed by atoms with E-state index in [1.165, 1.54) is 63.9 Å². The summed E-state index contributed by atoms with van der Waals surface area (Å²) in [6, 6.07) is 11.8. The van der Waals surface area contributed by atoms with E-state index in [4.69, 9.17) is 14.2 Å². The Morgan fingerprint density at radius 1 is 0.952 bits per heavy atom. The predicted molar refractivity (Wildman–Crippen MR) is 155 cm³/mol. The van der Waals surface area contributed by atoms with Crippen molar-refractivity contribution >= 4 is 21.7 Å². The number of ether oxygens (including phenoxy) is 3. The summed E-state index contributed by atoms with van der Waals surface area (Å²) in [6.07, 6.45) is 2.81. The van der Waals surface area contributed by atoms with Crippen LogP contribution in [0.4, 0.5) is 10.2 Å². The lowest BCUT2D eigenvalue weighted by Crippen LogP contribution is -2.45. The van der Waals surface area contributed by atoms with E-state index < -0.39 is 27.2 Å². The van der Waals surface area contributed by atoms with Crippen LogP contribution in [0.2, 0.25) is 0 Å². The zero-order valence-electron chi connectivity index (χ0n) is 23.9. The minimum Gasteiger partial charge on any atom is -0.497 e. The molecule has 42 heavy (non-hydrogen) atoms. The number of halogens is 1. The average Bonchev–Trinajstić information content (AvgIpc) is 3.27. The van der Waals surface area contributed by atoms with Gasteiger partial charge in [0.1, 0.15) is 33.4 Å². The molecule has 0 spiro atoms. The Labute approximate surface area is 245 Å². The summed E-state index contributed by atoms with van der Waals surface area (Å²) in [7, 11) is -0.331. The van der Waals surface area contributed by atoms with Gasteiger partial charge in [-0.15, -0.1) is 0 Å². The SMILES string of the molecule is COc1ccc(S(=O)(=O)N2C(=O)C(CCCCN3CCNCC3)(c3ccccc3F)c3cc(OC)cnc32)c(OC)c1. The van der Waals surface area contributed by atoms with Gasteiger partial charge in [0.2, 0.25) is 0 Å². The maximum atomic E-state index is 15.7. The van der Waals surface area contributed by atoms with Crippen molar-refractivity contribution < 1.29 is 31.8 Å². The van der Waals surface area contributed by atoms with E-state index in [-0.39, 0.29) is 34.0 Å². The molecule has 1 amide bonds. The first-order valence-corrected chi connectivity index (χ1v) is 15.3. The van der Waals surface area contributed by atoms with Crippen molar-refractivity contribution in [2.75, 3.05) is 58.4 Å². The Hall–Kier alpha value is -3.74. The van der Waals surface area contributed by atoms with E-state index >= 15 is 4.39 Å². The number of anilines is 1. The fourth-order valence-corrected chi connectivity index (χ4v) is 7.40. The van der Waals surface area contributed by atoms with Crippen LogP contribution in [0.5, 0.6) is 17.2 Å². The minimum atomic E-state index is -4.57. The first kappa shape index (κ1) is 29.7. The molecule has 5 rings (SSSR count). The smallest absolute Gasteiger partial charge is 0.275 e. The highest BCUT2D eigenvalue weighted by atomic mass is 32.2. The van der Waals surface area contributed by atoms with E-state index in [0.717, 1.165) is 39.1 Å². The number of sulfonamides is 1. The van der Waals surface area contributed by atoms with Crippen molar-refractivity contribution in [1.29, 1.82) is 0 Å². The second kappa shape index (κ2) is 12.2. The highest BCUT2D eigenvalue weighted by molar-refractivity contribution is 7.93. The number of aromatic nitrogens is 1. The molecule has 10 nitrogen and oxygen atoms in total. The van der Waals surface area contributed by atoms with Gasteiger partial charge in [-0.1, -0.05) is 24.6 Å². The molecule has 3 heterocycles. The van der Waals surface area contributed by atoms with Crippen LogP contribution in [0.25, 0.3) is 0 Å². The highest BCUT2D eigenvalue weighted by Crippen LogP contribution is 2.52. The molecule has 1 fully saturated rings. The van der Waals surface area contributed by atoms with Gasteiger partial charge in [-0.05, 0) is 43.7 Å². The van der Waals surface area contributed by atoms with E-state index in [0.29, 0.717) is 22.2 Å². The first-order chi connectivity index (χ1) is 20.3. The van der Waals surface area contributed by atoms with E-state index in [1.54, 1.807) is 12.1 Å². The zero-order chi connectivity index (χ0) is 29.9. The summed E-state index contributed by atoms with van der Waals surface area (Å²) < 4.78 is 61.0. The molecule has 1 unspecified atom stereocenters. The first-order valence-electron chi connectivity index (χ1n) is 13.8. The van der Waals surface area contributed by atoms with Crippen molar-refractivity contribution in [1.82, 2.24) is 15.2 Å². The summed E-state index contributed by atoms with van der Waals surface area (Å²) in [4.78, 5) is 21.2. The van der Waals surface area contributed by atoms with Crippen molar-refractivity contribution in [3.63, 3.8) is 0 Å². The molecule has 1 N–H and O–H groups in total. The minimum absolute atomic E-state index is 0.00313. The van der Waals surface area contributed by atoms with Gasteiger partial charge in [0.05, 0.1) is 27.5 Å². The van der Waals surface area contributed by atoms with Gasteiger partial charge in [-0.25, -0.2) is 17.8 Å². The monoisotopic (exact) mass is 598 g/mol. The number of rotatable bonds is 11. The van der Waals surface area contributed by atoms with E-state index in [1.807, 2.05) is 0 Å². The van der Waals surface area contributed by atoms with Crippen LogP contribution in [0.3, 0.4) is 0 Å². The number of methoxy groups -OCH3 is 3. The third-order valence-corrected chi connectivity index (χ3v) is 9.70. The number of carbonyl (C=O) groups excluding carboxylic acids is 1.